The van der Waals surface area contributed by atoms with Gasteiger partial charge in [0, 0.05) is 24.3 Å². The van der Waals surface area contributed by atoms with Crippen molar-refractivity contribution in [3.05, 3.63) is 135 Å². The molecule has 2 amide bonds. The number of amides is 2. The van der Waals surface area contributed by atoms with Crippen molar-refractivity contribution in [3.8, 4) is 0 Å². The van der Waals surface area contributed by atoms with Crippen LogP contribution in [-0.2, 0) is 22.6 Å². The molecule has 11 heteroatoms. The van der Waals surface area contributed by atoms with Crippen molar-refractivity contribution in [2.24, 2.45) is 20.0 Å². The number of anilines is 1. The third-order valence-corrected chi connectivity index (χ3v) is 8.52. The maximum Gasteiger partial charge on any atom is 0.305 e. The highest BCUT2D eigenvalue weighted by molar-refractivity contribution is 5.96. The number of para-hydroxylation sites is 4. The van der Waals surface area contributed by atoms with Crippen LogP contribution in [0.15, 0.2) is 117 Å². The summed E-state index contributed by atoms with van der Waals surface area (Å²) in [5, 5.41) is 15.9. The van der Waals surface area contributed by atoms with Crippen molar-refractivity contribution in [2.45, 2.75) is 37.8 Å². The molecule has 0 bridgehead atoms. The highest BCUT2D eigenvalue weighted by Crippen LogP contribution is 2.27. The predicted molar refractivity (Wildman–Crippen MR) is 173 cm³/mol. The molecular formula is C36H33N7O4. The molecule has 7 rings (SSSR count). The van der Waals surface area contributed by atoms with E-state index in [2.05, 4.69) is 5.32 Å². The van der Waals surface area contributed by atoms with Crippen LogP contribution in [-0.4, -0.2) is 70.7 Å². The molecule has 1 atom stereocenters. The first-order valence-electron chi connectivity index (χ1n) is 15.6. The minimum atomic E-state index is -1.07. The van der Waals surface area contributed by atoms with Crippen molar-refractivity contribution in [3.63, 3.8) is 0 Å². The Morgan fingerprint density at radius 2 is 1.34 bits per heavy atom. The molecule has 0 saturated carbocycles. The Morgan fingerprint density at radius 1 is 0.787 bits per heavy atom. The molecular weight excluding hydrogens is 594 g/mol. The lowest BCUT2D eigenvalue weighted by atomic mass is 10.1. The second-order valence-corrected chi connectivity index (χ2v) is 11.8. The largest absolute Gasteiger partial charge is 0.481 e. The molecule has 236 valence electrons. The molecule has 0 aromatic heterocycles. The summed E-state index contributed by atoms with van der Waals surface area (Å²) in [6.07, 6.45) is -0.681. The van der Waals surface area contributed by atoms with Gasteiger partial charge in [-0.05, 0) is 60.0 Å². The molecule has 47 heavy (non-hydrogen) atoms. The van der Waals surface area contributed by atoms with Gasteiger partial charge < -0.3 is 20.2 Å². The van der Waals surface area contributed by atoms with E-state index in [1.54, 1.807) is 28.0 Å². The number of fused-ring (bicyclic) bond motifs is 3. The van der Waals surface area contributed by atoms with Crippen LogP contribution in [0.5, 0.6) is 0 Å². The van der Waals surface area contributed by atoms with Crippen LogP contribution in [0.25, 0.3) is 0 Å². The van der Waals surface area contributed by atoms with Crippen LogP contribution in [0.3, 0.4) is 0 Å². The van der Waals surface area contributed by atoms with E-state index < -0.39 is 24.3 Å². The lowest BCUT2D eigenvalue weighted by Gasteiger charge is -2.26. The summed E-state index contributed by atoms with van der Waals surface area (Å²) >= 11 is 0. The molecule has 0 radical (unpaired) electrons. The Kier molecular flexibility index (Phi) is 8.26. The van der Waals surface area contributed by atoms with Crippen LogP contribution in [0, 0.1) is 0 Å². The number of carbonyl (C=O) groups excluding carboxylic acids is 2. The zero-order valence-electron chi connectivity index (χ0n) is 25.6. The number of carboxylic acids is 1. The molecule has 1 unspecified atom stereocenters. The summed E-state index contributed by atoms with van der Waals surface area (Å²) in [6.45, 7) is 1.11. The molecule has 4 aromatic rings. The third kappa shape index (κ3) is 6.64. The Bertz CT molecular complexity index is 1960. The second-order valence-electron chi connectivity index (χ2n) is 11.8. The Hall–Kier alpha value is -5.71. The topological polar surface area (TPSA) is 139 Å². The quantitative estimate of drug-likeness (QED) is 0.275. The number of benzene rings is 4. The smallest absolute Gasteiger partial charge is 0.305 e. The van der Waals surface area contributed by atoms with Gasteiger partial charge in [-0.25, -0.2) is 0 Å². The maximum absolute atomic E-state index is 14.3. The van der Waals surface area contributed by atoms with Gasteiger partial charge in [0.1, 0.15) is 6.04 Å². The summed E-state index contributed by atoms with van der Waals surface area (Å²) in [7, 11) is 0. The summed E-state index contributed by atoms with van der Waals surface area (Å²) in [5.41, 5.74) is 2.86. The number of carbonyl (C=O) groups is 3. The average Bonchev–Trinajstić information content (AvgIpc) is 3.66. The fraction of sp³-hybridized carbons (Fsp3) is 0.250. The van der Waals surface area contributed by atoms with Crippen molar-refractivity contribution in [2.75, 3.05) is 25.0 Å². The average molecular weight is 628 g/mol. The lowest BCUT2D eigenvalue weighted by molar-refractivity contribution is -0.141. The van der Waals surface area contributed by atoms with E-state index in [-0.39, 0.29) is 37.9 Å². The Balaban J connectivity index is 1.18. The first kappa shape index (κ1) is 30.0. The van der Waals surface area contributed by atoms with Crippen molar-refractivity contribution < 1.29 is 19.5 Å². The van der Waals surface area contributed by atoms with Crippen molar-refractivity contribution in [1.82, 2.24) is 9.80 Å². The lowest BCUT2D eigenvalue weighted by Crippen LogP contribution is -2.42. The highest BCUT2D eigenvalue weighted by atomic mass is 16.4. The minimum absolute atomic E-state index is 0.232. The molecule has 0 aliphatic carbocycles. The van der Waals surface area contributed by atoms with Gasteiger partial charge in [0.05, 0.1) is 40.9 Å². The number of hydrogen-bond acceptors (Lipinski definition) is 8. The second kappa shape index (κ2) is 13.0. The van der Waals surface area contributed by atoms with Gasteiger partial charge in [0.2, 0.25) is 5.91 Å². The molecule has 0 saturated heterocycles. The zero-order valence-corrected chi connectivity index (χ0v) is 25.6. The Morgan fingerprint density at radius 3 is 1.89 bits per heavy atom. The normalized spacial score (nSPS) is 16.7. The van der Waals surface area contributed by atoms with Gasteiger partial charge in [-0.1, -0.05) is 54.6 Å². The van der Waals surface area contributed by atoms with E-state index in [9.17, 15) is 19.5 Å². The fourth-order valence-electron chi connectivity index (χ4n) is 6.21. The number of nitrogens with zero attached hydrogens (tertiary/aromatic N) is 6. The van der Waals surface area contributed by atoms with E-state index in [4.69, 9.17) is 20.0 Å². The summed E-state index contributed by atoms with van der Waals surface area (Å²) in [5.74, 6) is -1.59. The summed E-state index contributed by atoms with van der Waals surface area (Å²) < 4.78 is 0. The van der Waals surface area contributed by atoms with Crippen LogP contribution in [0.2, 0.25) is 0 Å². The maximum atomic E-state index is 14.3. The summed E-state index contributed by atoms with van der Waals surface area (Å²) in [4.78, 5) is 61.8. The van der Waals surface area contributed by atoms with Gasteiger partial charge >= 0.3 is 5.97 Å². The van der Waals surface area contributed by atoms with Crippen LogP contribution in [0.1, 0.15) is 27.9 Å². The van der Waals surface area contributed by atoms with Crippen LogP contribution in [0.4, 0.5) is 5.69 Å². The van der Waals surface area contributed by atoms with Gasteiger partial charge in [-0.2, -0.15) is 0 Å². The molecule has 3 aliphatic rings. The van der Waals surface area contributed by atoms with E-state index in [0.29, 0.717) is 24.2 Å². The highest BCUT2D eigenvalue weighted by Gasteiger charge is 2.32. The van der Waals surface area contributed by atoms with E-state index in [1.807, 2.05) is 78.9 Å². The van der Waals surface area contributed by atoms with E-state index in [1.165, 1.54) is 0 Å². The number of carboxylic acid groups (broad SMARTS) is 1. The molecule has 11 nitrogen and oxygen atoms in total. The number of rotatable bonds is 10. The number of aliphatic carboxylic acids is 1. The molecule has 3 heterocycles. The molecule has 0 fully saturated rings. The number of nitrogens with one attached hydrogen (secondary N) is 1. The van der Waals surface area contributed by atoms with Crippen LogP contribution >= 0.6 is 0 Å². The van der Waals surface area contributed by atoms with Crippen LogP contribution < -0.4 is 26.7 Å². The SMILES string of the molecule is O=C(O)CC1Nc2ccc(C(=O)N(CC3N=c4ccccc4=N3)CC3N=c4ccccc4=N3)cc2CN(CCc2ccccc2)C1=O. The molecule has 2 N–H and O–H groups in total. The van der Waals surface area contributed by atoms with Gasteiger partial charge in [-0.3, -0.25) is 34.4 Å². The summed E-state index contributed by atoms with van der Waals surface area (Å²) in [6, 6.07) is 29.4. The van der Waals surface area contributed by atoms with Gasteiger partial charge in [0.15, 0.2) is 12.3 Å². The van der Waals surface area contributed by atoms with E-state index in [0.717, 1.165) is 32.6 Å². The predicted octanol–water partition coefficient (Wildman–Crippen LogP) is 1.53. The minimum Gasteiger partial charge on any atom is -0.481 e. The van der Waals surface area contributed by atoms with Gasteiger partial charge in [-0.15, -0.1) is 0 Å². The molecule has 3 aliphatic heterocycles. The monoisotopic (exact) mass is 627 g/mol. The third-order valence-electron chi connectivity index (χ3n) is 8.52. The van der Waals surface area contributed by atoms with Crippen molar-refractivity contribution >= 4 is 23.5 Å². The van der Waals surface area contributed by atoms with Crippen molar-refractivity contribution in [1.29, 1.82) is 0 Å². The first-order valence-corrected chi connectivity index (χ1v) is 15.6. The first-order chi connectivity index (χ1) is 22.9. The number of hydrogen-bond donors (Lipinski definition) is 2. The van der Waals surface area contributed by atoms with Gasteiger partial charge in [0.25, 0.3) is 5.91 Å². The molecule has 0 spiro atoms. The zero-order chi connectivity index (χ0) is 32.3. The fourth-order valence-corrected chi connectivity index (χ4v) is 6.21. The van der Waals surface area contributed by atoms with E-state index >= 15 is 0 Å². The Labute approximate surface area is 270 Å². The standard InChI is InChI=1S/C36H33N7O4/c44-34(45)19-31-36(47)42(17-16-23-8-2-1-3-9-23)20-25-18-24(14-15-26(25)37-31)35(46)43(21-32-38-27-10-4-5-11-28(27)39-32)22-33-40-29-12-6-7-13-30(29)41-33/h1-15,18,31-33,37H,16-17,19-22H2,(H,44,45). The molecule has 4 aromatic carbocycles.